The van der Waals surface area contributed by atoms with E-state index in [1.165, 1.54) is 28.3 Å². The minimum absolute atomic E-state index is 0. The van der Waals surface area contributed by atoms with Gasteiger partial charge in [0.05, 0.1) is 12.4 Å². The lowest BCUT2D eigenvalue weighted by Gasteiger charge is -2.08. The quantitative estimate of drug-likeness (QED) is 0.523. The highest BCUT2D eigenvalue weighted by Gasteiger charge is 2.31. The van der Waals surface area contributed by atoms with Crippen LogP contribution >= 0.6 is 0 Å². The van der Waals surface area contributed by atoms with Crippen LogP contribution in [-0.2, 0) is 7.05 Å². The molecule has 0 aliphatic carbocycles. The molecule has 0 saturated carbocycles. The number of ether oxygens (including phenoxy) is 1. The highest BCUT2D eigenvalue weighted by atomic mass is 19.4. The number of benzene rings is 2. The molecule has 2 heterocycles. The summed E-state index contributed by atoms with van der Waals surface area (Å²) < 4.78 is 44.5. The average Bonchev–Trinajstić information content (AvgIpc) is 2.97. The summed E-state index contributed by atoms with van der Waals surface area (Å²) in [6.07, 6.45) is -4.79. The largest absolute Gasteiger partial charge is 0.870 e. The molecule has 2 aromatic heterocycles. The third-order valence-electron chi connectivity index (χ3n) is 4.08. The van der Waals surface area contributed by atoms with Crippen LogP contribution in [0.5, 0.6) is 11.6 Å². The number of fused-ring (bicyclic) bond motifs is 3. The standard InChI is InChI=1S/C17H11F3N4O3.H2O/c1-22-14-16(26)23(10-6-8-11(9-7-10)27-17(18,19)20)21-24(14)13-5-3-2-4-12(13)15(22)25;/h2-9H,1H3;1H2. The molecule has 28 heavy (non-hydrogen) atoms. The lowest BCUT2D eigenvalue weighted by molar-refractivity contribution is -0.559. The Hall–Kier alpha value is -3.60. The molecule has 2 N–H and O–H groups in total. The molecule has 0 amide bonds. The van der Waals surface area contributed by atoms with E-state index in [4.69, 9.17) is 0 Å². The summed E-state index contributed by atoms with van der Waals surface area (Å²) in [7, 11) is 1.50. The number of hydrogen-bond acceptors (Lipinski definition) is 5. The monoisotopic (exact) mass is 394 g/mol. The van der Waals surface area contributed by atoms with Gasteiger partial charge in [-0.2, -0.15) is 0 Å². The number of aromatic nitrogens is 4. The lowest BCUT2D eigenvalue weighted by Crippen LogP contribution is -2.34. The van der Waals surface area contributed by atoms with Gasteiger partial charge in [-0.15, -0.1) is 13.2 Å². The maximum absolute atomic E-state index is 12.5. The zero-order valence-electron chi connectivity index (χ0n) is 14.3. The molecule has 0 aliphatic rings. The van der Waals surface area contributed by atoms with Crippen LogP contribution in [0, 0.1) is 0 Å². The van der Waals surface area contributed by atoms with Gasteiger partial charge >= 0.3 is 23.4 Å². The van der Waals surface area contributed by atoms with E-state index >= 15 is 0 Å². The van der Waals surface area contributed by atoms with Crippen LogP contribution < -0.4 is 14.8 Å². The summed E-state index contributed by atoms with van der Waals surface area (Å²) >= 11 is 0. The molecule has 0 spiro atoms. The van der Waals surface area contributed by atoms with Crippen molar-refractivity contribution < 1.29 is 33.0 Å². The van der Waals surface area contributed by atoms with E-state index in [-0.39, 0.29) is 22.6 Å². The Bertz CT molecular complexity index is 1230. The maximum atomic E-state index is 12.5. The van der Waals surface area contributed by atoms with Crippen LogP contribution in [0.4, 0.5) is 13.2 Å². The molecule has 0 radical (unpaired) electrons. The Morgan fingerprint density at radius 2 is 1.75 bits per heavy atom. The summed E-state index contributed by atoms with van der Waals surface area (Å²) in [6, 6.07) is 11.6. The molecule has 8 nitrogen and oxygen atoms in total. The number of hydrogen-bond donors (Lipinski definition) is 1. The Balaban J connectivity index is 0.00000225. The highest BCUT2D eigenvalue weighted by Crippen LogP contribution is 2.25. The zero-order valence-corrected chi connectivity index (χ0v) is 14.3. The molecular weight excluding hydrogens is 381 g/mol. The van der Waals surface area contributed by atoms with Gasteiger partial charge < -0.3 is 15.3 Å². The Morgan fingerprint density at radius 3 is 2.39 bits per heavy atom. The third-order valence-corrected chi connectivity index (χ3v) is 4.08. The SMILES string of the molecule is Cn1c(=O)c2ccccc2[n+]2nn(-c3ccc(OC(F)(F)F)cc3)c(O)c12.[OH-]. The predicted molar refractivity (Wildman–Crippen MR) is 89.8 cm³/mol. The van der Waals surface area contributed by atoms with Gasteiger partial charge in [0.25, 0.3) is 0 Å². The topological polar surface area (TPSA) is 103 Å². The second-order valence-corrected chi connectivity index (χ2v) is 5.78. The van der Waals surface area contributed by atoms with Crippen LogP contribution in [-0.4, -0.2) is 31.4 Å². The minimum atomic E-state index is -4.79. The molecule has 0 atom stereocenters. The second kappa shape index (κ2) is 6.53. The minimum Gasteiger partial charge on any atom is -0.870 e. The van der Waals surface area contributed by atoms with Gasteiger partial charge in [0.15, 0.2) is 0 Å². The van der Waals surface area contributed by atoms with Crippen LogP contribution in [0.2, 0.25) is 0 Å². The predicted octanol–water partition coefficient (Wildman–Crippen LogP) is 1.89. The average molecular weight is 394 g/mol. The first-order valence-corrected chi connectivity index (χ1v) is 7.74. The Labute approximate surface area is 154 Å². The fourth-order valence-corrected chi connectivity index (χ4v) is 2.90. The number of nitrogens with zero attached hydrogens (tertiary/aromatic N) is 4. The number of rotatable bonds is 2. The van der Waals surface area contributed by atoms with Crippen LogP contribution in [0.25, 0.3) is 22.2 Å². The van der Waals surface area contributed by atoms with Gasteiger partial charge in [0.1, 0.15) is 17.0 Å². The van der Waals surface area contributed by atoms with Gasteiger partial charge in [-0.1, -0.05) is 21.3 Å². The van der Waals surface area contributed by atoms with E-state index in [2.05, 4.69) is 9.95 Å². The molecule has 0 unspecified atom stereocenters. The summed E-state index contributed by atoms with van der Waals surface area (Å²) in [6.45, 7) is 0. The number of para-hydroxylation sites is 1. The van der Waals surface area contributed by atoms with Gasteiger partial charge in [-0.25, -0.2) is 4.57 Å². The van der Waals surface area contributed by atoms with Crippen molar-refractivity contribution in [1.29, 1.82) is 0 Å². The van der Waals surface area contributed by atoms with Crippen molar-refractivity contribution in [2.24, 2.45) is 7.05 Å². The van der Waals surface area contributed by atoms with Crippen molar-refractivity contribution in [2.75, 3.05) is 0 Å². The van der Waals surface area contributed by atoms with Crippen LogP contribution in [0.3, 0.4) is 0 Å². The first kappa shape index (κ1) is 19.2. The van der Waals surface area contributed by atoms with Crippen molar-refractivity contribution in [3.05, 3.63) is 58.9 Å². The highest BCUT2D eigenvalue weighted by molar-refractivity contribution is 5.76. The molecule has 0 fully saturated rings. The molecule has 146 valence electrons. The molecule has 0 aliphatic heterocycles. The molecule has 2 aromatic carbocycles. The maximum Gasteiger partial charge on any atom is 0.573 e. The van der Waals surface area contributed by atoms with Crippen LogP contribution in [0.15, 0.2) is 53.3 Å². The summed E-state index contributed by atoms with van der Waals surface area (Å²) in [4.78, 5) is 12.5. The van der Waals surface area contributed by atoms with Crippen molar-refractivity contribution >= 4 is 16.6 Å². The summed E-state index contributed by atoms with van der Waals surface area (Å²) in [5.41, 5.74) is 0.618. The number of halogens is 3. The second-order valence-electron chi connectivity index (χ2n) is 5.78. The van der Waals surface area contributed by atoms with E-state index < -0.39 is 12.1 Å². The van der Waals surface area contributed by atoms with Gasteiger partial charge in [0, 0.05) is 5.21 Å². The molecular formula is C17H13F3N4O4. The van der Waals surface area contributed by atoms with Gasteiger partial charge in [-0.05, 0) is 36.4 Å². The fraction of sp³-hybridized carbons (Fsp3) is 0.118. The van der Waals surface area contributed by atoms with Gasteiger partial charge in [0.2, 0.25) is 0 Å². The Morgan fingerprint density at radius 1 is 1.11 bits per heavy atom. The first-order valence-electron chi connectivity index (χ1n) is 7.74. The number of alkyl halides is 3. The third kappa shape index (κ3) is 3.01. The first-order chi connectivity index (χ1) is 12.8. The Kier molecular flexibility index (Phi) is 4.47. The van der Waals surface area contributed by atoms with E-state index in [0.717, 1.165) is 16.8 Å². The van der Waals surface area contributed by atoms with Crippen molar-refractivity contribution in [3.8, 4) is 17.3 Å². The summed E-state index contributed by atoms with van der Waals surface area (Å²) in [5.74, 6) is -0.724. The molecule has 11 heteroatoms. The lowest BCUT2D eigenvalue weighted by atomic mass is 10.2. The smallest absolute Gasteiger partial charge is 0.573 e. The van der Waals surface area contributed by atoms with Crippen LogP contribution in [0.1, 0.15) is 0 Å². The molecule has 4 aromatic rings. The van der Waals surface area contributed by atoms with E-state index in [9.17, 15) is 23.1 Å². The number of aryl methyl sites for hydroxylation is 1. The van der Waals surface area contributed by atoms with Crippen molar-refractivity contribution in [3.63, 3.8) is 0 Å². The van der Waals surface area contributed by atoms with Crippen molar-refractivity contribution in [1.82, 2.24) is 14.5 Å². The van der Waals surface area contributed by atoms with Crippen molar-refractivity contribution in [2.45, 2.75) is 6.36 Å². The van der Waals surface area contributed by atoms with E-state index in [0.29, 0.717) is 16.6 Å². The molecule has 0 saturated heterocycles. The zero-order chi connectivity index (χ0) is 19.3. The van der Waals surface area contributed by atoms with E-state index in [1.807, 2.05) is 0 Å². The molecule has 0 bridgehead atoms. The summed E-state index contributed by atoms with van der Waals surface area (Å²) in [5, 5.41) is 15.3. The normalized spacial score (nSPS) is 11.6. The fourth-order valence-electron chi connectivity index (χ4n) is 2.90. The number of aromatic hydroxyl groups is 1. The van der Waals surface area contributed by atoms with E-state index in [1.54, 1.807) is 24.3 Å². The molecule has 4 rings (SSSR count). The van der Waals surface area contributed by atoms with Gasteiger partial charge in [-0.3, -0.25) is 4.79 Å².